The highest BCUT2D eigenvalue weighted by molar-refractivity contribution is 5.71. The van der Waals surface area contributed by atoms with Crippen molar-refractivity contribution in [1.82, 2.24) is 10.6 Å². The molecule has 0 heterocycles. The zero-order valence-electron chi connectivity index (χ0n) is 14.4. The van der Waals surface area contributed by atoms with Crippen LogP contribution in [0.1, 0.15) is 32.5 Å². The van der Waals surface area contributed by atoms with Gasteiger partial charge in [-0.3, -0.25) is 10.6 Å². The molecule has 0 saturated heterocycles. The molecule has 0 bridgehead atoms. The third kappa shape index (κ3) is 5.86. The fourth-order valence-electron chi connectivity index (χ4n) is 1.93. The first-order chi connectivity index (χ1) is 11.5. The number of benzene rings is 1. The van der Waals surface area contributed by atoms with E-state index in [0.717, 1.165) is 0 Å². The Kier molecular flexibility index (Phi) is 8.24. The molecule has 0 aliphatic rings. The first-order valence-corrected chi connectivity index (χ1v) is 7.72. The van der Waals surface area contributed by atoms with E-state index in [9.17, 15) is 9.59 Å². The van der Waals surface area contributed by atoms with Crippen molar-refractivity contribution < 1.29 is 28.5 Å². The zero-order valence-corrected chi connectivity index (χ0v) is 14.4. The summed E-state index contributed by atoms with van der Waals surface area (Å²) in [5.41, 5.74) is 0.584. The average molecular weight is 340 g/mol. The molecule has 8 nitrogen and oxygen atoms in total. The maximum Gasteiger partial charge on any atom is 0.409 e. The lowest BCUT2D eigenvalue weighted by atomic mass is 10.1. The highest BCUT2D eigenvalue weighted by atomic mass is 16.6. The fraction of sp³-hybridized carbons (Fsp3) is 0.500. The largest absolute Gasteiger partial charge is 0.493 e. The Morgan fingerprint density at radius 3 is 2.00 bits per heavy atom. The van der Waals surface area contributed by atoms with Gasteiger partial charge in [-0.2, -0.15) is 0 Å². The molecule has 0 spiro atoms. The van der Waals surface area contributed by atoms with E-state index < -0.39 is 18.4 Å². The van der Waals surface area contributed by atoms with E-state index in [-0.39, 0.29) is 13.2 Å². The third-order valence-corrected chi connectivity index (χ3v) is 2.90. The van der Waals surface area contributed by atoms with Crippen LogP contribution in [0.2, 0.25) is 0 Å². The van der Waals surface area contributed by atoms with Crippen LogP contribution in [0, 0.1) is 0 Å². The van der Waals surface area contributed by atoms with Crippen molar-refractivity contribution in [1.29, 1.82) is 0 Å². The fourth-order valence-corrected chi connectivity index (χ4v) is 1.93. The van der Waals surface area contributed by atoms with Crippen LogP contribution in [0.5, 0.6) is 11.5 Å². The normalized spacial score (nSPS) is 10.0. The van der Waals surface area contributed by atoms with Crippen LogP contribution in [0.3, 0.4) is 0 Å². The topological polar surface area (TPSA) is 95.1 Å². The lowest BCUT2D eigenvalue weighted by Gasteiger charge is -2.21. The predicted octanol–water partition coefficient (Wildman–Crippen LogP) is 2.58. The molecule has 2 amide bonds. The summed E-state index contributed by atoms with van der Waals surface area (Å²) in [6, 6.07) is 5.06. The molecular formula is C16H24N2O6. The van der Waals surface area contributed by atoms with E-state index >= 15 is 0 Å². The molecule has 1 aromatic carbocycles. The Bertz CT molecular complexity index is 529. The molecular weight excluding hydrogens is 316 g/mol. The minimum atomic E-state index is -0.840. The van der Waals surface area contributed by atoms with Gasteiger partial charge >= 0.3 is 12.2 Å². The van der Waals surface area contributed by atoms with Gasteiger partial charge in [-0.05, 0) is 38.5 Å². The van der Waals surface area contributed by atoms with E-state index in [4.69, 9.17) is 18.9 Å². The number of alkyl carbamates (subject to hydrolysis) is 2. The second kappa shape index (κ2) is 10.2. The summed E-state index contributed by atoms with van der Waals surface area (Å²) in [4.78, 5) is 23.4. The first kappa shape index (κ1) is 19.4. The lowest BCUT2D eigenvalue weighted by Crippen LogP contribution is -2.41. The van der Waals surface area contributed by atoms with Crippen molar-refractivity contribution in [2.45, 2.75) is 26.9 Å². The molecule has 2 N–H and O–H groups in total. The van der Waals surface area contributed by atoms with Crippen molar-refractivity contribution in [2.75, 3.05) is 26.9 Å². The van der Waals surface area contributed by atoms with Crippen LogP contribution < -0.4 is 20.1 Å². The van der Waals surface area contributed by atoms with Crippen LogP contribution in [0.25, 0.3) is 0 Å². The van der Waals surface area contributed by atoms with Crippen LogP contribution >= 0.6 is 0 Å². The molecule has 0 unspecified atom stereocenters. The van der Waals surface area contributed by atoms with Crippen LogP contribution in [-0.2, 0) is 9.47 Å². The van der Waals surface area contributed by atoms with E-state index in [2.05, 4.69) is 10.6 Å². The molecule has 0 saturated carbocycles. The van der Waals surface area contributed by atoms with Crippen LogP contribution in [-0.4, -0.2) is 39.1 Å². The highest BCUT2D eigenvalue weighted by Crippen LogP contribution is 2.30. The number of amides is 2. The Labute approximate surface area is 141 Å². The highest BCUT2D eigenvalue weighted by Gasteiger charge is 2.20. The Morgan fingerprint density at radius 2 is 1.54 bits per heavy atom. The molecule has 1 aromatic rings. The molecule has 0 aliphatic heterocycles. The van der Waals surface area contributed by atoms with Crippen molar-refractivity contribution in [3.8, 4) is 11.5 Å². The van der Waals surface area contributed by atoms with Crippen molar-refractivity contribution >= 4 is 12.2 Å². The Morgan fingerprint density at radius 1 is 0.958 bits per heavy atom. The number of hydrogen-bond donors (Lipinski definition) is 2. The summed E-state index contributed by atoms with van der Waals surface area (Å²) >= 11 is 0. The van der Waals surface area contributed by atoms with Gasteiger partial charge in [0.2, 0.25) is 0 Å². The SMILES string of the molecule is CCOC(=O)NC(NC(=O)OCC)c1ccc(OC)c(OCC)c1. The lowest BCUT2D eigenvalue weighted by molar-refractivity contribution is 0.135. The molecule has 24 heavy (non-hydrogen) atoms. The molecule has 0 radical (unpaired) electrons. The van der Waals surface area contributed by atoms with Crippen molar-refractivity contribution in [3.63, 3.8) is 0 Å². The molecule has 0 atom stereocenters. The van der Waals surface area contributed by atoms with Gasteiger partial charge in [0.1, 0.15) is 6.17 Å². The minimum Gasteiger partial charge on any atom is -0.493 e. The van der Waals surface area contributed by atoms with E-state index in [1.165, 1.54) is 7.11 Å². The molecule has 8 heteroatoms. The summed E-state index contributed by atoms with van der Waals surface area (Å²) in [7, 11) is 1.53. The number of carbonyl (C=O) groups is 2. The second-order valence-corrected chi connectivity index (χ2v) is 4.51. The summed E-state index contributed by atoms with van der Waals surface area (Å²) in [5.74, 6) is 1.05. The maximum absolute atomic E-state index is 11.7. The number of carbonyl (C=O) groups excluding carboxylic acids is 2. The molecule has 0 fully saturated rings. The third-order valence-electron chi connectivity index (χ3n) is 2.90. The van der Waals surface area contributed by atoms with E-state index in [1.54, 1.807) is 32.0 Å². The van der Waals surface area contributed by atoms with Gasteiger partial charge in [-0.25, -0.2) is 9.59 Å². The summed E-state index contributed by atoms with van der Waals surface area (Å²) in [6.45, 7) is 6.09. The van der Waals surface area contributed by atoms with E-state index in [0.29, 0.717) is 23.7 Å². The van der Waals surface area contributed by atoms with Crippen LogP contribution in [0.15, 0.2) is 18.2 Å². The van der Waals surface area contributed by atoms with Gasteiger partial charge in [-0.15, -0.1) is 0 Å². The molecule has 1 rings (SSSR count). The smallest absolute Gasteiger partial charge is 0.409 e. The Hall–Kier alpha value is -2.64. The predicted molar refractivity (Wildman–Crippen MR) is 87.2 cm³/mol. The van der Waals surface area contributed by atoms with Crippen molar-refractivity contribution in [3.05, 3.63) is 23.8 Å². The summed E-state index contributed by atoms with van der Waals surface area (Å²) in [6.07, 6.45) is -2.16. The average Bonchev–Trinajstić information content (AvgIpc) is 2.55. The number of hydrogen-bond acceptors (Lipinski definition) is 6. The quantitative estimate of drug-likeness (QED) is 0.706. The van der Waals surface area contributed by atoms with E-state index in [1.807, 2.05) is 6.92 Å². The number of nitrogens with one attached hydrogen (secondary N) is 2. The second-order valence-electron chi connectivity index (χ2n) is 4.51. The van der Waals surface area contributed by atoms with Gasteiger partial charge in [0.05, 0.1) is 26.9 Å². The molecule has 134 valence electrons. The van der Waals surface area contributed by atoms with Gasteiger partial charge in [0.15, 0.2) is 11.5 Å². The van der Waals surface area contributed by atoms with Gasteiger partial charge in [0.25, 0.3) is 0 Å². The standard InChI is InChI=1S/C16H24N2O6/c1-5-22-13-10-11(8-9-12(13)21-4)14(17-15(19)23-6-2)18-16(20)24-7-3/h8-10,14H,5-7H2,1-4H3,(H,17,19)(H,18,20). The molecule has 0 aliphatic carbocycles. The molecule has 0 aromatic heterocycles. The monoisotopic (exact) mass is 340 g/mol. The van der Waals surface area contributed by atoms with Crippen molar-refractivity contribution in [2.24, 2.45) is 0 Å². The zero-order chi connectivity index (χ0) is 17.9. The Balaban J connectivity index is 3.05. The summed E-state index contributed by atoms with van der Waals surface area (Å²) in [5, 5.41) is 5.12. The van der Waals surface area contributed by atoms with Gasteiger partial charge in [0, 0.05) is 0 Å². The minimum absolute atomic E-state index is 0.213. The maximum atomic E-state index is 11.7. The number of methoxy groups -OCH3 is 1. The number of ether oxygens (including phenoxy) is 4. The first-order valence-electron chi connectivity index (χ1n) is 7.72. The van der Waals surface area contributed by atoms with Crippen LogP contribution in [0.4, 0.5) is 9.59 Å². The van der Waals surface area contributed by atoms with Gasteiger partial charge in [-0.1, -0.05) is 6.07 Å². The number of rotatable bonds is 8. The van der Waals surface area contributed by atoms with Gasteiger partial charge < -0.3 is 18.9 Å². The summed E-state index contributed by atoms with van der Waals surface area (Å²) < 4.78 is 20.5.